The molecule has 18 heavy (non-hydrogen) atoms. The van der Waals surface area contributed by atoms with Crippen molar-refractivity contribution in [1.29, 1.82) is 0 Å². The molecule has 2 atom stereocenters. The molecule has 0 amide bonds. The number of ether oxygens (including phenoxy) is 1. The topological polar surface area (TPSA) is 26.3 Å². The molecule has 0 N–H and O–H groups in total. The van der Waals surface area contributed by atoms with E-state index in [1.165, 1.54) is 22.8 Å². The Kier molecular flexibility index (Phi) is 3.92. The van der Waals surface area contributed by atoms with Crippen LogP contribution in [0.15, 0.2) is 47.4 Å². The van der Waals surface area contributed by atoms with Gasteiger partial charge in [-0.25, -0.2) is 4.79 Å². The summed E-state index contributed by atoms with van der Waals surface area (Å²) in [4.78, 5) is 12.8. The first kappa shape index (κ1) is 13.0. The first-order valence-corrected chi connectivity index (χ1v) is 7.54. The molecule has 0 bridgehead atoms. The van der Waals surface area contributed by atoms with E-state index in [4.69, 9.17) is 4.74 Å². The van der Waals surface area contributed by atoms with Crippen molar-refractivity contribution < 1.29 is 9.53 Å². The monoisotopic (exact) mass is 261 g/mol. The Morgan fingerprint density at radius 3 is 2.50 bits per heavy atom. The van der Waals surface area contributed by atoms with Gasteiger partial charge in [0.15, 0.2) is 4.90 Å². The third kappa shape index (κ3) is 2.51. The second-order valence-corrected chi connectivity index (χ2v) is 6.53. The molecular formula is C15H17O2S+. The molecule has 2 aromatic rings. The molecule has 2 nitrogen and oxygen atoms in total. The molecule has 0 spiro atoms. The lowest BCUT2D eigenvalue weighted by atomic mass is 10.1. The molecule has 0 aromatic heterocycles. The van der Waals surface area contributed by atoms with Crippen LogP contribution in [0.4, 0.5) is 0 Å². The normalized spacial score (nSPS) is 14.2. The fourth-order valence-electron chi connectivity index (χ4n) is 1.88. The van der Waals surface area contributed by atoms with Crippen LogP contribution >= 0.6 is 0 Å². The van der Waals surface area contributed by atoms with Crippen LogP contribution in [-0.4, -0.2) is 24.6 Å². The molecule has 94 valence electrons. The van der Waals surface area contributed by atoms with E-state index in [0.29, 0.717) is 0 Å². The number of benzene rings is 2. The standard InChI is InChI=1S/C15H17O2S/c1-11(15(16)17-2)18(3)14-9-8-12-6-4-5-7-13(12)10-14/h4-11H,1-3H3/q+1. The summed E-state index contributed by atoms with van der Waals surface area (Å²) in [6.45, 7) is 1.92. The average Bonchev–Trinajstić information content (AvgIpc) is 2.44. The first-order valence-electron chi connectivity index (χ1n) is 5.85. The minimum absolute atomic E-state index is 0.101. The Bertz CT molecular complexity index is 565. The molecule has 0 aliphatic carbocycles. The van der Waals surface area contributed by atoms with Gasteiger partial charge in [0.2, 0.25) is 5.25 Å². The Hall–Kier alpha value is -1.48. The number of hydrogen-bond donors (Lipinski definition) is 0. The van der Waals surface area contributed by atoms with E-state index in [1.807, 2.05) is 19.1 Å². The van der Waals surface area contributed by atoms with Crippen molar-refractivity contribution in [1.82, 2.24) is 0 Å². The molecule has 0 saturated carbocycles. The zero-order valence-corrected chi connectivity index (χ0v) is 11.7. The van der Waals surface area contributed by atoms with Crippen LogP contribution in [0.2, 0.25) is 0 Å². The Morgan fingerprint density at radius 2 is 1.83 bits per heavy atom. The highest BCUT2D eigenvalue weighted by atomic mass is 32.2. The maximum atomic E-state index is 11.6. The van der Waals surface area contributed by atoms with Crippen LogP contribution in [0.25, 0.3) is 10.8 Å². The van der Waals surface area contributed by atoms with Gasteiger partial charge in [0.05, 0.1) is 7.11 Å². The molecule has 0 saturated heterocycles. The summed E-state index contributed by atoms with van der Waals surface area (Å²) in [6, 6.07) is 14.6. The van der Waals surface area contributed by atoms with E-state index >= 15 is 0 Å². The predicted molar refractivity (Wildman–Crippen MR) is 77.0 cm³/mol. The van der Waals surface area contributed by atoms with Gasteiger partial charge >= 0.3 is 5.97 Å². The van der Waals surface area contributed by atoms with E-state index in [2.05, 4.69) is 36.6 Å². The largest absolute Gasteiger partial charge is 0.465 e. The maximum Gasteiger partial charge on any atom is 0.359 e. The van der Waals surface area contributed by atoms with Gasteiger partial charge in [-0.15, -0.1) is 0 Å². The van der Waals surface area contributed by atoms with Crippen molar-refractivity contribution >= 4 is 27.6 Å². The van der Waals surface area contributed by atoms with E-state index in [-0.39, 0.29) is 22.1 Å². The molecule has 0 aliphatic heterocycles. The fourth-order valence-corrected chi connectivity index (χ4v) is 3.27. The van der Waals surface area contributed by atoms with Crippen molar-refractivity contribution in [2.24, 2.45) is 0 Å². The van der Waals surface area contributed by atoms with Crippen molar-refractivity contribution in [3.8, 4) is 0 Å². The van der Waals surface area contributed by atoms with Crippen LogP contribution in [0.5, 0.6) is 0 Å². The van der Waals surface area contributed by atoms with Crippen molar-refractivity contribution in [2.45, 2.75) is 17.1 Å². The summed E-state index contributed by atoms with van der Waals surface area (Å²) in [5, 5.41) is 2.34. The van der Waals surface area contributed by atoms with Gasteiger partial charge in [0.1, 0.15) is 6.26 Å². The molecular weight excluding hydrogens is 244 g/mol. The summed E-state index contributed by atoms with van der Waals surface area (Å²) in [5.41, 5.74) is 0. The van der Waals surface area contributed by atoms with Gasteiger partial charge in [-0.05, 0) is 29.8 Å². The highest BCUT2D eigenvalue weighted by Crippen LogP contribution is 2.22. The lowest BCUT2D eigenvalue weighted by Gasteiger charge is -2.10. The number of hydrogen-bond acceptors (Lipinski definition) is 2. The SMILES string of the molecule is COC(=O)C(C)[S+](C)c1ccc2ccccc2c1. The third-order valence-electron chi connectivity index (χ3n) is 3.16. The molecule has 2 aromatic carbocycles. The highest BCUT2D eigenvalue weighted by Gasteiger charge is 2.31. The number of fused-ring (bicyclic) bond motifs is 1. The smallest absolute Gasteiger partial charge is 0.359 e. The second-order valence-electron chi connectivity index (χ2n) is 4.23. The molecule has 0 radical (unpaired) electrons. The summed E-state index contributed by atoms with van der Waals surface area (Å²) >= 11 is 0. The Labute approximate surface area is 110 Å². The van der Waals surface area contributed by atoms with Crippen LogP contribution in [-0.2, 0) is 20.4 Å². The van der Waals surface area contributed by atoms with E-state index < -0.39 is 0 Å². The third-order valence-corrected chi connectivity index (χ3v) is 5.41. The van der Waals surface area contributed by atoms with Crippen LogP contribution in [0.3, 0.4) is 0 Å². The molecule has 0 aliphatic rings. The molecule has 2 rings (SSSR count). The summed E-state index contributed by atoms with van der Waals surface area (Å²) in [6.07, 6.45) is 2.09. The average molecular weight is 261 g/mol. The number of esters is 1. The van der Waals surface area contributed by atoms with Gasteiger partial charge in [-0.1, -0.05) is 24.3 Å². The molecule has 0 fully saturated rings. The lowest BCUT2D eigenvalue weighted by Crippen LogP contribution is -2.27. The van der Waals surface area contributed by atoms with E-state index in [9.17, 15) is 4.79 Å². The number of carbonyl (C=O) groups excluding carboxylic acids is 1. The second kappa shape index (κ2) is 5.44. The first-order chi connectivity index (χ1) is 8.63. The van der Waals surface area contributed by atoms with Gasteiger partial charge in [-0.2, -0.15) is 0 Å². The quantitative estimate of drug-likeness (QED) is 0.627. The number of carbonyl (C=O) groups is 1. The van der Waals surface area contributed by atoms with Crippen LogP contribution < -0.4 is 0 Å². The van der Waals surface area contributed by atoms with Crippen molar-refractivity contribution in [3.05, 3.63) is 42.5 Å². The highest BCUT2D eigenvalue weighted by molar-refractivity contribution is 7.97. The summed E-state index contributed by atoms with van der Waals surface area (Å²) in [5.74, 6) is -0.144. The van der Waals surface area contributed by atoms with Gasteiger partial charge < -0.3 is 4.74 Å². The fraction of sp³-hybridized carbons (Fsp3) is 0.267. The minimum atomic E-state index is -0.144. The van der Waals surface area contributed by atoms with Crippen molar-refractivity contribution in [2.75, 3.05) is 13.4 Å². The van der Waals surface area contributed by atoms with Gasteiger partial charge in [-0.3, -0.25) is 0 Å². The Balaban J connectivity index is 2.33. The van der Waals surface area contributed by atoms with Gasteiger partial charge in [0, 0.05) is 17.0 Å². The molecule has 0 heterocycles. The minimum Gasteiger partial charge on any atom is -0.465 e. The zero-order valence-electron chi connectivity index (χ0n) is 10.8. The van der Waals surface area contributed by atoms with Crippen molar-refractivity contribution in [3.63, 3.8) is 0 Å². The molecule has 2 unspecified atom stereocenters. The predicted octanol–water partition coefficient (Wildman–Crippen LogP) is 3.01. The van der Waals surface area contributed by atoms with Crippen LogP contribution in [0.1, 0.15) is 6.92 Å². The maximum absolute atomic E-state index is 11.6. The molecule has 3 heteroatoms. The summed E-state index contributed by atoms with van der Waals surface area (Å²) in [7, 11) is 1.30. The van der Waals surface area contributed by atoms with E-state index in [1.54, 1.807) is 0 Å². The summed E-state index contributed by atoms with van der Waals surface area (Å²) < 4.78 is 4.81. The number of methoxy groups -OCH3 is 1. The Morgan fingerprint density at radius 1 is 1.17 bits per heavy atom. The van der Waals surface area contributed by atoms with E-state index in [0.717, 1.165) is 0 Å². The number of rotatable bonds is 3. The zero-order chi connectivity index (χ0) is 13.1. The lowest BCUT2D eigenvalue weighted by molar-refractivity contribution is -0.139. The van der Waals surface area contributed by atoms with Gasteiger partial charge in [0.25, 0.3) is 0 Å². The van der Waals surface area contributed by atoms with Crippen LogP contribution in [0, 0.1) is 0 Å².